The first-order chi connectivity index (χ1) is 10.7. The van der Waals surface area contributed by atoms with E-state index >= 15 is 0 Å². The second-order valence-corrected chi connectivity index (χ2v) is 5.56. The molecule has 2 aliphatic heterocycles. The predicted molar refractivity (Wildman–Crippen MR) is 80.9 cm³/mol. The van der Waals surface area contributed by atoms with E-state index in [1.807, 2.05) is 31.2 Å². The third-order valence-electron chi connectivity index (χ3n) is 4.01. The summed E-state index contributed by atoms with van der Waals surface area (Å²) >= 11 is 0. The molecule has 118 valence electrons. The van der Waals surface area contributed by atoms with Gasteiger partial charge in [0.25, 0.3) is 0 Å². The first-order valence-electron chi connectivity index (χ1n) is 7.56. The van der Waals surface area contributed by atoms with Gasteiger partial charge in [-0.05, 0) is 19.1 Å². The van der Waals surface area contributed by atoms with E-state index in [0.29, 0.717) is 37.8 Å². The summed E-state index contributed by atoms with van der Waals surface area (Å²) < 4.78 is 10.9. The fraction of sp³-hybridized carbons (Fsp3) is 0.500. The number of amides is 2. The molecule has 0 saturated carbocycles. The number of morpholine rings is 1. The van der Waals surface area contributed by atoms with Gasteiger partial charge in [-0.2, -0.15) is 0 Å². The summed E-state index contributed by atoms with van der Waals surface area (Å²) in [5.41, 5.74) is 0.666. The van der Waals surface area contributed by atoms with E-state index in [-0.39, 0.29) is 30.8 Å². The van der Waals surface area contributed by atoms with Crippen LogP contribution in [0.4, 0.5) is 5.69 Å². The fourth-order valence-electron chi connectivity index (χ4n) is 2.82. The lowest BCUT2D eigenvalue weighted by molar-refractivity contribution is -0.138. The molecule has 0 spiro atoms. The molecule has 22 heavy (non-hydrogen) atoms. The highest BCUT2D eigenvalue weighted by atomic mass is 16.5. The van der Waals surface area contributed by atoms with E-state index in [1.54, 1.807) is 4.90 Å². The van der Waals surface area contributed by atoms with E-state index in [1.165, 1.54) is 4.90 Å². The van der Waals surface area contributed by atoms with E-state index in [0.717, 1.165) is 0 Å². The number of nitrogens with zero attached hydrogens (tertiary/aromatic N) is 2. The Morgan fingerprint density at radius 3 is 2.95 bits per heavy atom. The molecule has 3 rings (SSSR count). The molecular formula is C16H20N2O4. The normalized spacial score (nSPS) is 21.9. The van der Waals surface area contributed by atoms with Crippen LogP contribution in [0.2, 0.25) is 0 Å². The molecule has 1 fully saturated rings. The standard InChI is InChI=1S/C16H20N2O4/c1-12-11-21-9-7-17(12)16(20)10-18-13-4-2-3-5-14(13)22-8-6-15(18)19/h2-5,12H,6-11H2,1H3. The largest absolute Gasteiger partial charge is 0.491 e. The maximum Gasteiger partial charge on any atom is 0.243 e. The summed E-state index contributed by atoms with van der Waals surface area (Å²) in [7, 11) is 0. The highest BCUT2D eigenvalue weighted by Crippen LogP contribution is 2.31. The number of anilines is 1. The highest BCUT2D eigenvalue weighted by molar-refractivity contribution is 6.00. The molecule has 6 heteroatoms. The Morgan fingerprint density at radius 2 is 2.14 bits per heavy atom. The van der Waals surface area contributed by atoms with Gasteiger partial charge in [0.05, 0.1) is 38.0 Å². The van der Waals surface area contributed by atoms with Crippen molar-refractivity contribution >= 4 is 17.5 Å². The van der Waals surface area contributed by atoms with Gasteiger partial charge in [0.2, 0.25) is 11.8 Å². The van der Waals surface area contributed by atoms with E-state index in [4.69, 9.17) is 9.47 Å². The minimum absolute atomic E-state index is 0.0369. The molecule has 0 N–H and O–H groups in total. The molecule has 0 bridgehead atoms. The number of rotatable bonds is 2. The summed E-state index contributed by atoms with van der Waals surface area (Å²) in [6, 6.07) is 7.38. The second-order valence-electron chi connectivity index (χ2n) is 5.56. The maximum atomic E-state index is 12.6. The van der Waals surface area contributed by atoms with Crippen LogP contribution < -0.4 is 9.64 Å². The molecule has 0 aromatic heterocycles. The lowest BCUT2D eigenvalue weighted by Gasteiger charge is -2.34. The fourth-order valence-corrected chi connectivity index (χ4v) is 2.82. The quantitative estimate of drug-likeness (QED) is 0.819. The summed E-state index contributed by atoms with van der Waals surface area (Å²) in [6.07, 6.45) is 0.278. The van der Waals surface area contributed by atoms with Gasteiger partial charge in [-0.15, -0.1) is 0 Å². The number of carbonyl (C=O) groups excluding carboxylic acids is 2. The lowest BCUT2D eigenvalue weighted by atomic mass is 10.2. The molecular weight excluding hydrogens is 284 g/mol. The minimum atomic E-state index is -0.0841. The zero-order valence-electron chi connectivity index (χ0n) is 12.7. The topological polar surface area (TPSA) is 59.1 Å². The molecule has 6 nitrogen and oxygen atoms in total. The summed E-state index contributed by atoms with van der Waals surface area (Å²) in [4.78, 5) is 28.2. The van der Waals surface area contributed by atoms with Gasteiger partial charge in [-0.1, -0.05) is 12.1 Å². The van der Waals surface area contributed by atoms with Crippen molar-refractivity contribution in [2.45, 2.75) is 19.4 Å². The number of para-hydroxylation sites is 2. The van der Waals surface area contributed by atoms with Gasteiger partial charge >= 0.3 is 0 Å². The van der Waals surface area contributed by atoms with Gasteiger partial charge in [-0.3, -0.25) is 14.5 Å². The molecule has 1 atom stereocenters. The van der Waals surface area contributed by atoms with Crippen LogP contribution in [0.15, 0.2) is 24.3 Å². The van der Waals surface area contributed by atoms with Crippen molar-refractivity contribution < 1.29 is 19.1 Å². The summed E-state index contributed by atoms with van der Waals surface area (Å²) in [6.45, 7) is 4.00. The lowest BCUT2D eigenvalue weighted by Crippen LogP contribution is -2.51. The highest BCUT2D eigenvalue weighted by Gasteiger charge is 2.29. The molecule has 0 aliphatic carbocycles. The summed E-state index contributed by atoms with van der Waals surface area (Å²) in [5.74, 6) is 0.510. The average molecular weight is 304 g/mol. The Kier molecular flexibility index (Phi) is 4.29. The molecule has 1 saturated heterocycles. The monoisotopic (exact) mass is 304 g/mol. The van der Waals surface area contributed by atoms with Crippen molar-refractivity contribution in [3.8, 4) is 5.75 Å². The Labute approximate surface area is 129 Å². The number of hydrogen-bond acceptors (Lipinski definition) is 4. The Balaban J connectivity index is 1.80. The molecule has 2 heterocycles. The number of benzene rings is 1. The van der Waals surface area contributed by atoms with Gasteiger partial charge < -0.3 is 14.4 Å². The van der Waals surface area contributed by atoms with Crippen LogP contribution in [-0.2, 0) is 14.3 Å². The molecule has 1 aromatic carbocycles. The van der Waals surface area contributed by atoms with Crippen molar-refractivity contribution in [3.63, 3.8) is 0 Å². The number of hydrogen-bond donors (Lipinski definition) is 0. The van der Waals surface area contributed by atoms with Crippen molar-refractivity contribution in [2.75, 3.05) is 37.8 Å². The van der Waals surface area contributed by atoms with Crippen LogP contribution in [0, 0.1) is 0 Å². The van der Waals surface area contributed by atoms with E-state index in [9.17, 15) is 9.59 Å². The van der Waals surface area contributed by atoms with Crippen LogP contribution in [-0.4, -0.2) is 55.7 Å². The maximum absolute atomic E-state index is 12.6. The first-order valence-corrected chi connectivity index (χ1v) is 7.56. The van der Waals surface area contributed by atoms with E-state index in [2.05, 4.69) is 0 Å². The smallest absolute Gasteiger partial charge is 0.243 e. The Hall–Kier alpha value is -2.08. The third-order valence-corrected chi connectivity index (χ3v) is 4.01. The number of carbonyl (C=O) groups is 2. The first kappa shape index (κ1) is 14.8. The average Bonchev–Trinajstić information content (AvgIpc) is 2.68. The van der Waals surface area contributed by atoms with Crippen molar-refractivity contribution in [1.29, 1.82) is 0 Å². The van der Waals surface area contributed by atoms with Crippen LogP contribution in [0.5, 0.6) is 5.75 Å². The number of fused-ring (bicyclic) bond motifs is 1. The molecule has 1 unspecified atom stereocenters. The van der Waals surface area contributed by atoms with Crippen LogP contribution in [0.3, 0.4) is 0 Å². The van der Waals surface area contributed by atoms with Crippen molar-refractivity contribution in [3.05, 3.63) is 24.3 Å². The van der Waals surface area contributed by atoms with Crippen LogP contribution in [0.1, 0.15) is 13.3 Å². The van der Waals surface area contributed by atoms with Crippen molar-refractivity contribution in [1.82, 2.24) is 4.90 Å². The zero-order valence-corrected chi connectivity index (χ0v) is 12.7. The van der Waals surface area contributed by atoms with Gasteiger partial charge in [0, 0.05) is 6.54 Å². The Morgan fingerprint density at radius 1 is 1.32 bits per heavy atom. The summed E-state index contributed by atoms with van der Waals surface area (Å²) in [5, 5.41) is 0. The predicted octanol–water partition coefficient (Wildman–Crippen LogP) is 1.05. The van der Waals surface area contributed by atoms with Crippen LogP contribution in [0.25, 0.3) is 0 Å². The van der Waals surface area contributed by atoms with Crippen molar-refractivity contribution in [2.24, 2.45) is 0 Å². The molecule has 2 aliphatic rings. The Bertz CT molecular complexity index is 575. The SMILES string of the molecule is CC1COCCN1C(=O)CN1C(=O)CCOc2ccccc21. The number of ether oxygens (including phenoxy) is 2. The van der Waals surface area contributed by atoms with Gasteiger partial charge in [-0.25, -0.2) is 0 Å². The molecule has 2 amide bonds. The molecule has 0 radical (unpaired) electrons. The second kappa shape index (κ2) is 6.36. The third kappa shape index (κ3) is 2.92. The van der Waals surface area contributed by atoms with Crippen LogP contribution >= 0.6 is 0 Å². The van der Waals surface area contributed by atoms with Gasteiger partial charge in [0.1, 0.15) is 12.3 Å². The van der Waals surface area contributed by atoms with Gasteiger partial charge in [0.15, 0.2) is 0 Å². The van der Waals surface area contributed by atoms with E-state index < -0.39 is 0 Å². The zero-order chi connectivity index (χ0) is 15.5. The molecule has 1 aromatic rings. The minimum Gasteiger partial charge on any atom is -0.491 e.